The van der Waals surface area contributed by atoms with Crippen LogP contribution >= 0.6 is 0 Å². The zero-order valence-corrected chi connectivity index (χ0v) is 10.8. The second-order valence-corrected chi connectivity index (χ2v) is 4.22. The third-order valence-corrected chi connectivity index (χ3v) is 2.76. The van der Waals surface area contributed by atoms with Crippen molar-refractivity contribution in [1.29, 1.82) is 0 Å². The van der Waals surface area contributed by atoms with E-state index in [1.165, 1.54) is 18.2 Å². The molecule has 1 aromatic carbocycles. The maximum atomic E-state index is 11.1. The van der Waals surface area contributed by atoms with Crippen molar-refractivity contribution >= 4 is 17.3 Å². The van der Waals surface area contributed by atoms with Crippen molar-refractivity contribution in [3.05, 3.63) is 33.9 Å². The third kappa shape index (κ3) is 3.92. The monoisotopic (exact) mass is 266 g/mol. The Kier molecular flexibility index (Phi) is 5.25. The van der Waals surface area contributed by atoms with Gasteiger partial charge in [0.05, 0.1) is 4.92 Å². The Hall–Kier alpha value is -2.15. The number of hydrogen-bond donors (Lipinski definition) is 3. The van der Waals surface area contributed by atoms with Crippen molar-refractivity contribution in [2.24, 2.45) is 11.5 Å². The first-order chi connectivity index (χ1) is 8.99. The van der Waals surface area contributed by atoms with Crippen LogP contribution < -0.4 is 16.8 Å². The number of nitro benzene ring substituents is 1. The number of amides is 1. The molecule has 1 amide bonds. The Balaban J connectivity index is 3.09. The van der Waals surface area contributed by atoms with Crippen LogP contribution in [0.5, 0.6) is 0 Å². The highest BCUT2D eigenvalue weighted by molar-refractivity contribution is 5.94. The number of nitrogens with zero attached hydrogens (tertiary/aromatic N) is 1. The van der Waals surface area contributed by atoms with Gasteiger partial charge in [-0.2, -0.15) is 0 Å². The number of hydrogen-bond acceptors (Lipinski definition) is 5. The highest BCUT2D eigenvalue weighted by Gasteiger charge is 2.18. The van der Waals surface area contributed by atoms with Crippen LogP contribution in [0.3, 0.4) is 0 Å². The SMILES string of the molecule is CCCC(CN)Nc1cc(C(N)=O)ccc1[N+](=O)[O-]. The molecule has 0 radical (unpaired) electrons. The molecule has 19 heavy (non-hydrogen) atoms. The van der Waals surface area contributed by atoms with Gasteiger partial charge in [-0.25, -0.2) is 0 Å². The van der Waals surface area contributed by atoms with E-state index in [1.807, 2.05) is 6.92 Å². The highest BCUT2D eigenvalue weighted by Crippen LogP contribution is 2.26. The van der Waals surface area contributed by atoms with Crippen LogP contribution in [0, 0.1) is 10.1 Å². The second-order valence-electron chi connectivity index (χ2n) is 4.22. The third-order valence-electron chi connectivity index (χ3n) is 2.76. The smallest absolute Gasteiger partial charge is 0.292 e. The molecule has 1 aromatic rings. The molecule has 0 aromatic heterocycles. The van der Waals surface area contributed by atoms with Crippen molar-refractivity contribution in [1.82, 2.24) is 0 Å². The van der Waals surface area contributed by atoms with Crippen molar-refractivity contribution in [2.45, 2.75) is 25.8 Å². The summed E-state index contributed by atoms with van der Waals surface area (Å²) in [6.07, 6.45) is 1.69. The van der Waals surface area contributed by atoms with E-state index < -0.39 is 10.8 Å². The Morgan fingerprint density at radius 3 is 2.68 bits per heavy atom. The lowest BCUT2D eigenvalue weighted by atomic mass is 10.1. The molecule has 0 aliphatic rings. The first kappa shape index (κ1) is 14.9. The lowest BCUT2D eigenvalue weighted by Gasteiger charge is -2.17. The van der Waals surface area contributed by atoms with E-state index >= 15 is 0 Å². The predicted molar refractivity (Wildman–Crippen MR) is 73.0 cm³/mol. The van der Waals surface area contributed by atoms with E-state index in [-0.39, 0.29) is 23.0 Å². The molecular formula is C12H18N4O3. The topological polar surface area (TPSA) is 124 Å². The molecule has 7 nitrogen and oxygen atoms in total. The number of primary amides is 1. The van der Waals surface area contributed by atoms with Crippen LogP contribution in [0.1, 0.15) is 30.1 Å². The molecule has 0 saturated carbocycles. The number of carbonyl (C=O) groups is 1. The van der Waals surface area contributed by atoms with Gasteiger partial charge in [-0.05, 0) is 18.6 Å². The number of nitrogens with two attached hydrogens (primary N) is 2. The maximum Gasteiger partial charge on any atom is 0.292 e. The fourth-order valence-corrected chi connectivity index (χ4v) is 1.78. The lowest BCUT2D eigenvalue weighted by Crippen LogP contribution is -2.29. The minimum atomic E-state index is -0.627. The maximum absolute atomic E-state index is 11.1. The standard InChI is InChI=1S/C12H18N4O3/c1-2-3-9(7-13)15-10-6-8(12(14)17)4-5-11(10)16(18)19/h4-6,9,15H,2-3,7,13H2,1H3,(H2,14,17). The molecule has 5 N–H and O–H groups in total. The van der Waals surface area contributed by atoms with Crippen molar-refractivity contribution in [2.75, 3.05) is 11.9 Å². The average molecular weight is 266 g/mol. The molecule has 104 valence electrons. The van der Waals surface area contributed by atoms with Crippen LogP contribution in [0.4, 0.5) is 11.4 Å². The zero-order valence-electron chi connectivity index (χ0n) is 10.8. The van der Waals surface area contributed by atoms with E-state index in [1.54, 1.807) is 0 Å². The van der Waals surface area contributed by atoms with E-state index in [2.05, 4.69) is 5.32 Å². The summed E-state index contributed by atoms with van der Waals surface area (Å²) in [4.78, 5) is 21.6. The molecule has 0 spiro atoms. The molecule has 0 aliphatic heterocycles. The highest BCUT2D eigenvalue weighted by atomic mass is 16.6. The minimum absolute atomic E-state index is 0.0770. The summed E-state index contributed by atoms with van der Waals surface area (Å²) >= 11 is 0. The van der Waals surface area contributed by atoms with Gasteiger partial charge in [0, 0.05) is 24.2 Å². The molecule has 0 fully saturated rings. The predicted octanol–water partition coefficient (Wildman–Crippen LogP) is 1.23. The van der Waals surface area contributed by atoms with Gasteiger partial charge >= 0.3 is 0 Å². The fourth-order valence-electron chi connectivity index (χ4n) is 1.78. The van der Waals surface area contributed by atoms with E-state index in [0.717, 1.165) is 12.8 Å². The van der Waals surface area contributed by atoms with E-state index in [0.29, 0.717) is 6.54 Å². The summed E-state index contributed by atoms with van der Waals surface area (Å²) in [5.41, 5.74) is 11.2. The van der Waals surface area contributed by atoms with Gasteiger partial charge < -0.3 is 16.8 Å². The van der Waals surface area contributed by atoms with Crippen LogP contribution in [-0.4, -0.2) is 23.4 Å². The van der Waals surface area contributed by atoms with Gasteiger partial charge in [0.1, 0.15) is 5.69 Å². The summed E-state index contributed by atoms with van der Waals surface area (Å²) in [7, 11) is 0. The van der Waals surface area contributed by atoms with Crippen LogP contribution in [0.2, 0.25) is 0 Å². The molecule has 7 heteroatoms. The first-order valence-electron chi connectivity index (χ1n) is 6.04. The number of nitrogens with one attached hydrogen (secondary N) is 1. The molecule has 1 rings (SSSR count). The number of anilines is 1. The van der Waals surface area contributed by atoms with Gasteiger partial charge in [0.15, 0.2) is 0 Å². The van der Waals surface area contributed by atoms with Gasteiger partial charge in [-0.1, -0.05) is 13.3 Å². The number of carbonyl (C=O) groups excluding carboxylic acids is 1. The molecule has 0 saturated heterocycles. The Morgan fingerprint density at radius 2 is 2.21 bits per heavy atom. The van der Waals surface area contributed by atoms with Crippen molar-refractivity contribution in [3.63, 3.8) is 0 Å². The van der Waals surface area contributed by atoms with Gasteiger partial charge in [-0.15, -0.1) is 0 Å². The largest absolute Gasteiger partial charge is 0.375 e. The number of benzene rings is 1. The summed E-state index contributed by atoms with van der Waals surface area (Å²) in [6, 6.07) is 3.91. The fraction of sp³-hybridized carbons (Fsp3) is 0.417. The van der Waals surface area contributed by atoms with Crippen LogP contribution in [0.15, 0.2) is 18.2 Å². The quantitative estimate of drug-likeness (QED) is 0.505. The summed E-state index contributed by atoms with van der Waals surface area (Å²) in [6.45, 7) is 2.35. The molecule has 0 heterocycles. The first-order valence-corrected chi connectivity index (χ1v) is 6.04. The Labute approximate surface area is 111 Å². The summed E-state index contributed by atoms with van der Waals surface area (Å²) in [5.74, 6) is -0.627. The van der Waals surface area contributed by atoms with E-state index in [9.17, 15) is 14.9 Å². The minimum Gasteiger partial charge on any atom is -0.375 e. The number of nitro groups is 1. The van der Waals surface area contributed by atoms with Crippen LogP contribution in [0.25, 0.3) is 0 Å². The summed E-state index contributed by atoms with van der Waals surface area (Å²) in [5, 5.41) is 13.9. The molecular weight excluding hydrogens is 248 g/mol. The Morgan fingerprint density at radius 1 is 1.53 bits per heavy atom. The van der Waals surface area contributed by atoms with Crippen LogP contribution in [-0.2, 0) is 0 Å². The molecule has 0 bridgehead atoms. The van der Waals surface area contributed by atoms with Gasteiger partial charge in [-0.3, -0.25) is 14.9 Å². The van der Waals surface area contributed by atoms with Crippen molar-refractivity contribution < 1.29 is 9.72 Å². The van der Waals surface area contributed by atoms with E-state index in [4.69, 9.17) is 11.5 Å². The Bertz CT molecular complexity index is 476. The second kappa shape index (κ2) is 6.69. The summed E-state index contributed by atoms with van der Waals surface area (Å²) < 4.78 is 0. The van der Waals surface area contributed by atoms with Gasteiger partial charge in [0.2, 0.25) is 5.91 Å². The van der Waals surface area contributed by atoms with Crippen molar-refractivity contribution in [3.8, 4) is 0 Å². The van der Waals surface area contributed by atoms with Gasteiger partial charge in [0.25, 0.3) is 5.69 Å². The normalized spacial score (nSPS) is 11.9. The molecule has 1 unspecified atom stereocenters. The number of rotatable bonds is 7. The lowest BCUT2D eigenvalue weighted by molar-refractivity contribution is -0.384. The molecule has 1 atom stereocenters. The molecule has 0 aliphatic carbocycles. The average Bonchev–Trinajstić information content (AvgIpc) is 2.37. The zero-order chi connectivity index (χ0) is 14.4.